The Morgan fingerprint density at radius 3 is 1.46 bits per heavy atom. The zero-order chi connectivity index (χ0) is 18.3. The van der Waals surface area contributed by atoms with E-state index in [9.17, 15) is 4.57 Å². The van der Waals surface area contributed by atoms with Gasteiger partial charge in [0.15, 0.2) is 12.5 Å². The van der Waals surface area contributed by atoms with E-state index in [2.05, 4.69) is 41.5 Å². The highest BCUT2D eigenvalue weighted by atomic mass is 31.1. The summed E-state index contributed by atoms with van der Waals surface area (Å²) in [5.74, 6) is 0.707. The van der Waals surface area contributed by atoms with Crippen LogP contribution >= 0.6 is 8.25 Å². The van der Waals surface area contributed by atoms with Crippen molar-refractivity contribution in [2.45, 2.75) is 77.9 Å². The van der Waals surface area contributed by atoms with E-state index in [0.29, 0.717) is 11.8 Å². The van der Waals surface area contributed by atoms with Crippen LogP contribution in [0, 0.1) is 11.8 Å². The number of hydrogen-bond acceptors (Lipinski definition) is 7. The van der Waals surface area contributed by atoms with Crippen LogP contribution in [0.5, 0.6) is 0 Å². The summed E-state index contributed by atoms with van der Waals surface area (Å²) in [4.78, 5) is 10.9. The second-order valence-corrected chi connectivity index (χ2v) is 8.81. The molecule has 0 radical (unpaired) electrons. The molecule has 2 fully saturated rings. The van der Waals surface area contributed by atoms with E-state index in [-0.39, 0.29) is 23.5 Å². The molecule has 0 aromatic heterocycles. The van der Waals surface area contributed by atoms with Gasteiger partial charge in [-0.05, 0) is 52.4 Å². The third-order valence-corrected chi connectivity index (χ3v) is 6.82. The smallest absolute Gasteiger partial charge is 0.299 e. The standard InChI is InChI=1S/C16H32N2O5P/c1-11-9-13(17(20-7)15(11,3)4)22-24(19)23-14-10-12(2)16(5,6)18(14)21-8/h11-14H,9-10H2,1-8H3/q+1. The molecular weight excluding hydrogens is 331 g/mol. The molecule has 8 heteroatoms. The highest BCUT2D eigenvalue weighted by Crippen LogP contribution is 2.46. The lowest BCUT2D eigenvalue weighted by Gasteiger charge is -2.33. The molecule has 7 nitrogen and oxygen atoms in total. The van der Waals surface area contributed by atoms with Gasteiger partial charge in [0.1, 0.15) is 0 Å². The van der Waals surface area contributed by atoms with Crippen LogP contribution in [0.15, 0.2) is 0 Å². The van der Waals surface area contributed by atoms with Gasteiger partial charge in [0.25, 0.3) is 0 Å². The fourth-order valence-corrected chi connectivity index (χ4v) is 4.44. The first-order valence-electron chi connectivity index (χ1n) is 8.53. The maximum absolute atomic E-state index is 12.5. The molecule has 0 aromatic carbocycles. The summed E-state index contributed by atoms with van der Waals surface area (Å²) < 4.78 is 23.8. The van der Waals surface area contributed by atoms with E-state index in [1.807, 2.05) is 0 Å². The van der Waals surface area contributed by atoms with E-state index in [4.69, 9.17) is 18.7 Å². The Morgan fingerprint density at radius 2 is 1.17 bits per heavy atom. The van der Waals surface area contributed by atoms with Crippen molar-refractivity contribution >= 4 is 8.25 Å². The van der Waals surface area contributed by atoms with Crippen LogP contribution in [0.25, 0.3) is 0 Å². The molecule has 0 amide bonds. The molecule has 2 aliphatic rings. The van der Waals surface area contributed by atoms with Crippen molar-refractivity contribution in [2.75, 3.05) is 14.2 Å². The molecule has 4 atom stereocenters. The van der Waals surface area contributed by atoms with E-state index in [1.54, 1.807) is 24.3 Å². The van der Waals surface area contributed by atoms with Gasteiger partial charge in [0.05, 0.1) is 14.2 Å². The molecule has 2 rings (SSSR count). The molecule has 140 valence electrons. The lowest BCUT2D eigenvalue weighted by Crippen LogP contribution is -2.45. The third-order valence-electron chi connectivity index (χ3n) is 5.99. The van der Waals surface area contributed by atoms with Gasteiger partial charge >= 0.3 is 8.25 Å². The molecular formula is C16H32N2O5P+. The molecule has 2 aliphatic heterocycles. The van der Waals surface area contributed by atoms with E-state index in [0.717, 1.165) is 12.8 Å². The molecule has 0 aromatic rings. The first-order valence-corrected chi connectivity index (χ1v) is 9.62. The Bertz CT molecular complexity index is 433. The minimum Gasteiger partial charge on any atom is -0.299 e. The van der Waals surface area contributed by atoms with Crippen molar-refractivity contribution in [3.05, 3.63) is 0 Å². The third kappa shape index (κ3) is 3.54. The minimum absolute atomic E-state index is 0.183. The summed E-state index contributed by atoms with van der Waals surface area (Å²) >= 11 is 0. The summed E-state index contributed by atoms with van der Waals surface area (Å²) in [6, 6.07) is 0. The predicted octanol–water partition coefficient (Wildman–Crippen LogP) is 3.69. The van der Waals surface area contributed by atoms with Gasteiger partial charge in [-0.15, -0.1) is 10.1 Å². The van der Waals surface area contributed by atoms with Gasteiger partial charge in [-0.3, -0.25) is 9.68 Å². The van der Waals surface area contributed by atoms with Crippen molar-refractivity contribution < 1.29 is 23.3 Å². The Hall–Kier alpha value is -0.140. The van der Waals surface area contributed by atoms with Gasteiger partial charge in [-0.2, -0.15) is 0 Å². The second kappa shape index (κ2) is 7.23. The average Bonchev–Trinajstić information content (AvgIpc) is 2.80. The maximum atomic E-state index is 12.5. The predicted molar refractivity (Wildman–Crippen MR) is 90.8 cm³/mol. The van der Waals surface area contributed by atoms with Gasteiger partial charge in [-0.1, -0.05) is 22.9 Å². The molecule has 0 N–H and O–H groups in total. The van der Waals surface area contributed by atoms with E-state index >= 15 is 0 Å². The molecule has 0 saturated carbocycles. The lowest BCUT2D eigenvalue weighted by atomic mass is 9.91. The molecule has 4 unspecified atom stereocenters. The fourth-order valence-electron chi connectivity index (χ4n) is 3.65. The maximum Gasteiger partial charge on any atom is 0.700 e. The van der Waals surface area contributed by atoms with Crippen molar-refractivity contribution in [2.24, 2.45) is 11.8 Å². The lowest BCUT2D eigenvalue weighted by molar-refractivity contribution is -0.247. The zero-order valence-electron chi connectivity index (χ0n) is 16.1. The summed E-state index contributed by atoms with van der Waals surface area (Å²) in [6.45, 7) is 12.6. The second-order valence-electron chi connectivity index (χ2n) is 7.94. The topological polar surface area (TPSA) is 60.5 Å². The highest BCUT2D eigenvalue weighted by Gasteiger charge is 2.53. The van der Waals surface area contributed by atoms with Crippen molar-refractivity contribution in [3.63, 3.8) is 0 Å². The van der Waals surface area contributed by atoms with Gasteiger partial charge in [0, 0.05) is 15.6 Å². The van der Waals surface area contributed by atoms with Crippen LogP contribution in [-0.2, 0) is 23.3 Å². The molecule has 0 bridgehead atoms. The Morgan fingerprint density at radius 1 is 0.833 bits per heavy atom. The van der Waals surface area contributed by atoms with Crippen molar-refractivity contribution in [1.29, 1.82) is 0 Å². The van der Waals surface area contributed by atoms with Crippen molar-refractivity contribution in [3.8, 4) is 0 Å². The van der Waals surface area contributed by atoms with Crippen LogP contribution in [0.1, 0.15) is 54.4 Å². The Labute approximate surface area is 146 Å². The number of hydroxylamine groups is 4. The molecule has 0 spiro atoms. The molecule has 24 heavy (non-hydrogen) atoms. The van der Waals surface area contributed by atoms with Crippen LogP contribution in [0.4, 0.5) is 0 Å². The minimum atomic E-state index is -2.28. The highest BCUT2D eigenvalue weighted by molar-refractivity contribution is 7.33. The van der Waals surface area contributed by atoms with Crippen LogP contribution in [0.2, 0.25) is 0 Å². The monoisotopic (exact) mass is 363 g/mol. The zero-order valence-corrected chi connectivity index (χ0v) is 17.0. The summed E-state index contributed by atoms with van der Waals surface area (Å²) in [6.07, 6.45) is 0.718. The molecule has 0 aliphatic carbocycles. The quantitative estimate of drug-likeness (QED) is 0.667. The summed E-state index contributed by atoms with van der Waals surface area (Å²) in [7, 11) is 0.936. The van der Waals surface area contributed by atoms with Crippen LogP contribution in [-0.4, -0.2) is 47.9 Å². The normalized spacial score (nSPS) is 37.1. The van der Waals surface area contributed by atoms with E-state index < -0.39 is 8.25 Å². The van der Waals surface area contributed by atoms with Gasteiger partial charge < -0.3 is 0 Å². The van der Waals surface area contributed by atoms with Gasteiger partial charge in [-0.25, -0.2) is 0 Å². The molecule has 2 saturated heterocycles. The SMILES string of the molecule is CON1C(O[P+](=O)OC2CC(C)C(C)(C)N2OC)CC(C)C1(C)C. The Kier molecular flexibility index (Phi) is 6.08. The number of nitrogens with zero attached hydrogens (tertiary/aromatic N) is 2. The van der Waals surface area contributed by atoms with Gasteiger partial charge in [0.2, 0.25) is 0 Å². The first-order chi connectivity index (χ1) is 11.1. The number of rotatable bonds is 6. The number of hydrogen-bond donors (Lipinski definition) is 0. The van der Waals surface area contributed by atoms with E-state index in [1.165, 1.54) is 0 Å². The average molecular weight is 363 g/mol. The molecule has 2 heterocycles. The Balaban J connectivity index is 1.99. The van der Waals surface area contributed by atoms with Crippen LogP contribution in [0.3, 0.4) is 0 Å². The summed E-state index contributed by atoms with van der Waals surface area (Å²) in [5, 5.41) is 3.53. The summed E-state index contributed by atoms with van der Waals surface area (Å²) in [5.41, 5.74) is -0.365. The van der Waals surface area contributed by atoms with Crippen LogP contribution < -0.4 is 0 Å². The fraction of sp³-hybridized carbons (Fsp3) is 1.00. The van der Waals surface area contributed by atoms with Crippen molar-refractivity contribution in [1.82, 2.24) is 10.1 Å². The first kappa shape index (κ1) is 20.2. The largest absolute Gasteiger partial charge is 0.700 e.